The molecule has 0 unspecified atom stereocenters. The van der Waals surface area contributed by atoms with Crippen LogP contribution in [0, 0.1) is 11.3 Å². The lowest BCUT2D eigenvalue weighted by Gasteiger charge is -2.39. The number of rotatable bonds is 6. The summed E-state index contributed by atoms with van der Waals surface area (Å²) in [6.45, 7) is 12.6. The summed E-state index contributed by atoms with van der Waals surface area (Å²) in [5.41, 5.74) is 1.26. The fraction of sp³-hybridized carbons (Fsp3) is 0.647. The molecule has 0 heterocycles. The van der Waals surface area contributed by atoms with Crippen molar-refractivity contribution in [1.29, 1.82) is 0 Å². The van der Waals surface area contributed by atoms with Gasteiger partial charge in [0.25, 0.3) is 0 Å². The average molecular weight is 264 g/mol. The molecule has 0 saturated heterocycles. The third-order valence-electron chi connectivity index (χ3n) is 4.59. The van der Waals surface area contributed by atoms with Gasteiger partial charge in [-0.3, -0.25) is 0 Å². The van der Waals surface area contributed by atoms with Gasteiger partial charge >= 0.3 is 0 Å². The Morgan fingerprint density at radius 3 is 2.11 bits per heavy atom. The van der Waals surface area contributed by atoms with E-state index in [9.17, 15) is 0 Å². The topological polar surface area (TPSA) is 18.5 Å². The first kappa shape index (κ1) is 16.0. The zero-order valence-corrected chi connectivity index (χ0v) is 12.9. The molecule has 0 N–H and O–H groups in total. The van der Waals surface area contributed by atoms with Gasteiger partial charge in [0.05, 0.1) is 13.2 Å². The van der Waals surface area contributed by atoms with Gasteiger partial charge in [0.2, 0.25) is 0 Å². The van der Waals surface area contributed by atoms with Crippen LogP contribution in [0.1, 0.15) is 39.5 Å². The second-order valence-corrected chi connectivity index (χ2v) is 5.96. The van der Waals surface area contributed by atoms with Crippen molar-refractivity contribution in [2.45, 2.75) is 45.6 Å². The third-order valence-corrected chi connectivity index (χ3v) is 4.59. The summed E-state index contributed by atoms with van der Waals surface area (Å²) in [7, 11) is 3.45. The predicted octanol–water partition coefficient (Wildman–Crippen LogP) is 4.49. The number of allylic oxidation sites excluding steroid dienone is 3. The highest BCUT2D eigenvalue weighted by Crippen LogP contribution is 2.43. The van der Waals surface area contributed by atoms with Gasteiger partial charge in [-0.1, -0.05) is 33.1 Å². The minimum Gasteiger partial charge on any atom is -0.497 e. The molecular weight excluding hydrogens is 236 g/mol. The Kier molecular flexibility index (Phi) is 5.86. The zero-order valence-electron chi connectivity index (χ0n) is 12.9. The van der Waals surface area contributed by atoms with Crippen LogP contribution in [0.25, 0.3) is 0 Å². The smallest absolute Gasteiger partial charge is 0.111 e. The molecule has 1 aliphatic rings. The van der Waals surface area contributed by atoms with Crippen LogP contribution in [0.2, 0.25) is 0 Å². The monoisotopic (exact) mass is 264 g/mol. The summed E-state index contributed by atoms with van der Waals surface area (Å²) >= 11 is 0. The lowest BCUT2D eigenvalue weighted by atomic mass is 9.67. The normalized spacial score (nSPS) is 24.4. The first-order valence-electron chi connectivity index (χ1n) is 7.05. The second kappa shape index (κ2) is 6.95. The van der Waals surface area contributed by atoms with Crippen LogP contribution in [0.5, 0.6) is 0 Å². The SMILES string of the molecule is C=C(/C=C\C(=C)C(C)(C)C1CCC(OC)CC1)OC. The Balaban J connectivity index is 2.62. The van der Waals surface area contributed by atoms with Gasteiger partial charge in [-0.15, -0.1) is 0 Å². The standard InChI is InChI=1S/C17H28O2/c1-13(7-8-14(2)18-5)17(3,4)15-9-11-16(19-6)12-10-15/h7-8,15-16H,1-2,9-12H2,3-6H3/b8-7-. The van der Waals surface area contributed by atoms with Gasteiger partial charge < -0.3 is 9.47 Å². The number of hydrogen-bond donors (Lipinski definition) is 0. The van der Waals surface area contributed by atoms with Crippen molar-refractivity contribution in [3.8, 4) is 0 Å². The lowest BCUT2D eigenvalue weighted by Crippen LogP contribution is -2.31. The molecule has 1 aliphatic carbocycles. The van der Waals surface area contributed by atoms with Crippen molar-refractivity contribution < 1.29 is 9.47 Å². The van der Waals surface area contributed by atoms with Gasteiger partial charge in [-0.2, -0.15) is 0 Å². The molecule has 0 aromatic rings. The van der Waals surface area contributed by atoms with Gasteiger partial charge in [-0.05, 0) is 48.7 Å². The molecule has 1 fully saturated rings. The zero-order chi connectivity index (χ0) is 14.5. The Labute approximate surface area is 118 Å². The van der Waals surface area contributed by atoms with Gasteiger partial charge in [0.1, 0.15) is 5.76 Å². The van der Waals surface area contributed by atoms with Crippen LogP contribution in [0.3, 0.4) is 0 Å². The van der Waals surface area contributed by atoms with Gasteiger partial charge in [0, 0.05) is 7.11 Å². The maximum Gasteiger partial charge on any atom is 0.111 e. The maximum absolute atomic E-state index is 5.44. The minimum absolute atomic E-state index is 0.114. The molecule has 0 aliphatic heterocycles. The van der Waals surface area contributed by atoms with Crippen LogP contribution >= 0.6 is 0 Å². The molecule has 19 heavy (non-hydrogen) atoms. The van der Waals surface area contributed by atoms with E-state index in [0.717, 1.165) is 18.4 Å². The molecule has 0 radical (unpaired) electrons. The largest absolute Gasteiger partial charge is 0.497 e. The van der Waals surface area contributed by atoms with Crippen molar-refractivity contribution in [3.63, 3.8) is 0 Å². The van der Waals surface area contributed by atoms with Crippen LogP contribution in [-0.4, -0.2) is 20.3 Å². The average Bonchev–Trinajstić information content (AvgIpc) is 2.44. The van der Waals surface area contributed by atoms with Crippen molar-refractivity contribution >= 4 is 0 Å². The van der Waals surface area contributed by atoms with E-state index in [1.54, 1.807) is 7.11 Å². The van der Waals surface area contributed by atoms with Gasteiger partial charge in [0.15, 0.2) is 0 Å². The summed E-state index contributed by atoms with van der Waals surface area (Å²) in [6, 6.07) is 0. The van der Waals surface area contributed by atoms with Crippen molar-refractivity contribution in [2.75, 3.05) is 14.2 Å². The fourth-order valence-corrected chi connectivity index (χ4v) is 2.76. The van der Waals surface area contributed by atoms with E-state index in [1.807, 2.05) is 19.3 Å². The minimum atomic E-state index is 0.114. The fourth-order valence-electron chi connectivity index (χ4n) is 2.76. The third kappa shape index (κ3) is 4.24. The molecule has 2 heteroatoms. The van der Waals surface area contributed by atoms with E-state index < -0.39 is 0 Å². The lowest BCUT2D eigenvalue weighted by molar-refractivity contribution is 0.0391. The predicted molar refractivity (Wildman–Crippen MR) is 81.0 cm³/mol. The second-order valence-electron chi connectivity index (χ2n) is 5.96. The number of methoxy groups -OCH3 is 2. The highest BCUT2D eigenvalue weighted by molar-refractivity contribution is 5.27. The molecule has 0 bridgehead atoms. The van der Waals surface area contributed by atoms with E-state index in [4.69, 9.17) is 9.47 Å². The Morgan fingerprint density at radius 1 is 1.05 bits per heavy atom. The summed E-state index contributed by atoms with van der Waals surface area (Å²) in [5, 5.41) is 0. The van der Waals surface area contributed by atoms with E-state index >= 15 is 0 Å². The van der Waals surface area contributed by atoms with E-state index in [0.29, 0.717) is 17.8 Å². The summed E-state index contributed by atoms with van der Waals surface area (Å²) in [5.74, 6) is 1.34. The molecule has 0 spiro atoms. The highest BCUT2D eigenvalue weighted by Gasteiger charge is 2.34. The van der Waals surface area contributed by atoms with Crippen molar-refractivity contribution in [3.05, 3.63) is 36.6 Å². The van der Waals surface area contributed by atoms with E-state index in [2.05, 4.69) is 27.0 Å². The molecule has 108 valence electrons. The molecule has 2 nitrogen and oxygen atoms in total. The number of ether oxygens (including phenoxy) is 2. The summed E-state index contributed by atoms with van der Waals surface area (Å²) in [6.07, 6.45) is 9.12. The summed E-state index contributed by atoms with van der Waals surface area (Å²) < 4.78 is 10.5. The molecule has 0 atom stereocenters. The molecule has 0 aromatic heterocycles. The van der Waals surface area contributed by atoms with E-state index in [-0.39, 0.29) is 5.41 Å². The maximum atomic E-state index is 5.44. The van der Waals surface area contributed by atoms with Crippen LogP contribution in [-0.2, 0) is 9.47 Å². The van der Waals surface area contributed by atoms with Gasteiger partial charge in [-0.25, -0.2) is 0 Å². The Bertz CT molecular complexity index is 344. The van der Waals surface area contributed by atoms with Crippen LogP contribution in [0.4, 0.5) is 0 Å². The highest BCUT2D eigenvalue weighted by atomic mass is 16.5. The first-order chi connectivity index (χ1) is 8.91. The first-order valence-corrected chi connectivity index (χ1v) is 7.05. The molecule has 1 rings (SSSR count). The molecule has 1 saturated carbocycles. The molecule has 0 aromatic carbocycles. The molecular formula is C17H28O2. The molecule has 0 amide bonds. The number of hydrogen-bond acceptors (Lipinski definition) is 2. The van der Waals surface area contributed by atoms with E-state index in [1.165, 1.54) is 12.8 Å². The summed E-state index contributed by atoms with van der Waals surface area (Å²) in [4.78, 5) is 0. The van der Waals surface area contributed by atoms with Crippen molar-refractivity contribution in [1.82, 2.24) is 0 Å². The Hall–Kier alpha value is -1.02. The van der Waals surface area contributed by atoms with Crippen molar-refractivity contribution in [2.24, 2.45) is 11.3 Å². The Morgan fingerprint density at radius 2 is 1.63 bits per heavy atom. The van der Waals surface area contributed by atoms with Crippen LogP contribution in [0.15, 0.2) is 36.6 Å². The van der Waals surface area contributed by atoms with Crippen LogP contribution < -0.4 is 0 Å². The quantitative estimate of drug-likeness (QED) is 0.520.